The summed E-state index contributed by atoms with van der Waals surface area (Å²) >= 11 is 1.54. The number of carbonyl (C=O) groups excluding carboxylic acids is 2. The quantitative estimate of drug-likeness (QED) is 0.591. The molecular weight excluding hydrogens is 308 g/mol. The summed E-state index contributed by atoms with van der Waals surface area (Å²) in [6.45, 7) is 4.43. The van der Waals surface area contributed by atoms with Crippen molar-refractivity contribution in [2.75, 3.05) is 19.6 Å². The molecule has 23 heavy (non-hydrogen) atoms. The lowest BCUT2D eigenvalue weighted by Crippen LogP contribution is -2.37. The molecule has 3 heterocycles. The molecule has 0 spiro atoms. The van der Waals surface area contributed by atoms with Gasteiger partial charge in [0.2, 0.25) is 0 Å². The fraction of sp³-hybridized carbons (Fsp3) is 0.556. The van der Waals surface area contributed by atoms with Gasteiger partial charge in [0.1, 0.15) is 5.70 Å². The number of hydrogen-bond donors (Lipinski definition) is 0. The lowest BCUT2D eigenvalue weighted by molar-refractivity contribution is -0.137. The fourth-order valence-corrected chi connectivity index (χ4v) is 4.10. The average molecular weight is 332 g/mol. The van der Waals surface area contributed by atoms with Gasteiger partial charge >= 0.3 is 0 Å². The van der Waals surface area contributed by atoms with E-state index in [0.717, 1.165) is 50.1 Å². The zero-order chi connectivity index (χ0) is 16.2. The molecule has 0 aliphatic carbocycles. The van der Waals surface area contributed by atoms with Crippen LogP contribution in [0.2, 0.25) is 0 Å². The van der Waals surface area contributed by atoms with Gasteiger partial charge in [-0.15, -0.1) is 11.3 Å². The molecule has 124 valence electrons. The lowest BCUT2D eigenvalue weighted by Gasteiger charge is -2.29. The van der Waals surface area contributed by atoms with Gasteiger partial charge in [-0.3, -0.25) is 14.5 Å². The second-order valence-electron chi connectivity index (χ2n) is 6.22. The molecule has 0 unspecified atom stereocenters. The first-order chi connectivity index (χ1) is 11.2. The number of rotatable bonds is 6. The second kappa shape index (κ2) is 7.30. The molecule has 1 aromatic rings. The topological polar surface area (TPSA) is 40.6 Å². The number of carbonyl (C=O) groups is 2. The highest BCUT2D eigenvalue weighted by molar-refractivity contribution is 7.11. The summed E-state index contributed by atoms with van der Waals surface area (Å²) in [5, 5.41) is 1.97. The van der Waals surface area contributed by atoms with E-state index in [1.165, 1.54) is 22.7 Å². The van der Waals surface area contributed by atoms with E-state index in [1.807, 2.05) is 17.5 Å². The number of imide groups is 1. The second-order valence-corrected chi connectivity index (χ2v) is 7.17. The Hall–Kier alpha value is -1.62. The molecule has 2 aliphatic heterocycles. The predicted molar refractivity (Wildman–Crippen MR) is 92.9 cm³/mol. The summed E-state index contributed by atoms with van der Waals surface area (Å²) in [6.07, 6.45) is 6.42. The molecular formula is C18H24N2O2S. The molecule has 0 radical (unpaired) electrons. The highest BCUT2D eigenvalue weighted by Gasteiger charge is 2.41. The van der Waals surface area contributed by atoms with Crippen LogP contribution in [0.3, 0.4) is 0 Å². The number of amides is 2. The Morgan fingerprint density at radius 2 is 1.87 bits per heavy atom. The summed E-state index contributed by atoms with van der Waals surface area (Å²) in [5.74, 6) is -0.189. The van der Waals surface area contributed by atoms with E-state index in [1.54, 1.807) is 0 Å². The normalized spacial score (nSPS) is 19.2. The maximum Gasteiger partial charge on any atom is 0.277 e. The third-order valence-corrected chi connectivity index (χ3v) is 5.46. The average Bonchev–Trinajstić information content (AvgIpc) is 3.17. The van der Waals surface area contributed by atoms with E-state index in [4.69, 9.17) is 0 Å². The molecule has 4 nitrogen and oxygen atoms in total. The zero-order valence-corrected chi connectivity index (χ0v) is 14.5. The summed E-state index contributed by atoms with van der Waals surface area (Å²) in [5.41, 5.74) is 1.28. The van der Waals surface area contributed by atoms with Gasteiger partial charge in [-0.1, -0.05) is 25.8 Å². The van der Waals surface area contributed by atoms with Gasteiger partial charge in [-0.2, -0.15) is 0 Å². The number of hydrogen-bond acceptors (Lipinski definition) is 4. The van der Waals surface area contributed by atoms with Crippen LogP contribution in [0, 0.1) is 0 Å². The Morgan fingerprint density at radius 3 is 2.52 bits per heavy atom. The summed E-state index contributed by atoms with van der Waals surface area (Å²) in [7, 11) is 0. The van der Waals surface area contributed by atoms with Crippen molar-refractivity contribution in [2.24, 2.45) is 0 Å². The van der Waals surface area contributed by atoms with Crippen LogP contribution in [0.1, 0.15) is 50.3 Å². The van der Waals surface area contributed by atoms with Crippen LogP contribution in [0.5, 0.6) is 0 Å². The van der Waals surface area contributed by atoms with Crippen molar-refractivity contribution in [1.82, 2.24) is 9.80 Å². The first-order valence-corrected chi connectivity index (χ1v) is 9.51. The third-order valence-electron chi connectivity index (χ3n) is 4.57. The molecule has 0 aromatic carbocycles. The van der Waals surface area contributed by atoms with Crippen LogP contribution < -0.4 is 0 Å². The molecule has 5 heteroatoms. The lowest BCUT2D eigenvalue weighted by atomic mass is 10.1. The van der Waals surface area contributed by atoms with Crippen LogP contribution >= 0.6 is 11.3 Å². The van der Waals surface area contributed by atoms with Gasteiger partial charge in [0.15, 0.2) is 0 Å². The number of piperidine rings is 1. The fourth-order valence-electron chi connectivity index (χ4n) is 3.34. The highest BCUT2D eigenvalue weighted by Crippen LogP contribution is 2.35. The van der Waals surface area contributed by atoms with Crippen LogP contribution in [0.4, 0.5) is 0 Å². The Labute approximate surface area is 141 Å². The van der Waals surface area contributed by atoms with Gasteiger partial charge in [0.05, 0.1) is 5.57 Å². The molecule has 1 aromatic heterocycles. The van der Waals surface area contributed by atoms with E-state index in [0.29, 0.717) is 17.8 Å². The van der Waals surface area contributed by atoms with Crippen LogP contribution in [0.15, 0.2) is 23.2 Å². The molecule has 0 atom stereocenters. The Morgan fingerprint density at radius 1 is 1.09 bits per heavy atom. The molecule has 0 saturated carbocycles. The third kappa shape index (κ3) is 3.20. The van der Waals surface area contributed by atoms with Gasteiger partial charge in [-0.25, -0.2) is 0 Å². The van der Waals surface area contributed by atoms with E-state index in [2.05, 4.69) is 11.8 Å². The predicted octanol–water partition coefficient (Wildman–Crippen LogP) is 3.50. The van der Waals surface area contributed by atoms with E-state index in [9.17, 15) is 9.59 Å². The Kier molecular flexibility index (Phi) is 5.16. The van der Waals surface area contributed by atoms with E-state index >= 15 is 0 Å². The molecule has 2 amide bonds. The van der Waals surface area contributed by atoms with Gasteiger partial charge in [0, 0.05) is 24.5 Å². The summed E-state index contributed by atoms with van der Waals surface area (Å²) in [4.78, 5) is 30.3. The standard InChI is InChI=1S/C18H24N2O2S/c1-2-3-5-12-20-17(21)15(14-9-8-13-23-14)16(18(20)22)19-10-6-4-7-11-19/h8-9,13H,2-7,10-12H2,1H3. The number of unbranched alkanes of at least 4 members (excludes halogenated alkanes) is 2. The van der Waals surface area contributed by atoms with E-state index < -0.39 is 0 Å². The van der Waals surface area contributed by atoms with Crippen molar-refractivity contribution in [1.29, 1.82) is 0 Å². The molecule has 1 saturated heterocycles. The van der Waals surface area contributed by atoms with Crippen molar-refractivity contribution in [3.8, 4) is 0 Å². The molecule has 2 aliphatic rings. The van der Waals surface area contributed by atoms with Crippen molar-refractivity contribution in [2.45, 2.75) is 45.4 Å². The summed E-state index contributed by atoms with van der Waals surface area (Å²) < 4.78 is 0. The molecule has 1 fully saturated rings. The van der Waals surface area contributed by atoms with E-state index in [-0.39, 0.29) is 11.8 Å². The molecule has 0 N–H and O–H groups in total. The summed E-state index contributed by atoms with van der Waals surface area (Å²) in [6, 6.07) is 3.89. The zero-order valence-electron chi connectivity index (χ0n) is 13.7. The SMILES string of the molecule is CCCCCN1C(=O)C(c2cccs2)=C(N2CCCCC2)C1=O. The minimum atomic E-state index is -0.103. The number of nitrogens with zero attached hydrogens (tertiary/aromatic N) is 2. The largest absolute Gasteiger partial charge is 0.366 e. The van der Waals surface area contributed by atoms with Crippen molar-refractivity contribution in [3.63, 3.8) is 0 Å². The molecule has 3 rings (SSSR count). The van der Waals surface area contributed by atoms with Crippen LogP contribution in [-0.4, -0.2) is 41.2 Å². The first-order valence-electron chi connectivity index (χ1n) is 8.63. The van der Waals surface area contributed by atoms with Crippen molar-refractivity contribution in [3.05, 3.63) is 28.1 Å². The maximum atomic E-state index is 12.9. The molecule has 0 bridgehead atoms. The van der Waals surface area contributed by atoms with Gasteiger partial charge in [0.25, 0.3) is 11.8 Å². The van der Waals surface area contributed by atoms with Gasteiger partial charge in [-0.05, 0) is 37.1 Å². The van der Waals surface area contributed by atoms with Crippen LogP contribution in [0.25, 0.3) is 5.57 Å². The maximum absolute atomic E-state index is 12.9. The van der Waals surface area contributed by atoms with Gasteiger partial charge < -0.3 is 4.90 Å². The minimum absolute atomic E-state index is 0.0867. The number of likely N-dealkylation sites (tertiary alicyclic amines) is 1. The minimum Gasteiger partial charge on any atom is -0.366 e. The van der Waals surface area contributed by atoms with Crippen LogP contribution in [-0.2, 0) is 9.59 Å². The smallest absolute Gasteiger partial charge is 0.277 e. The monoisotopic (exact) mass is 332 g/mol. The Balaban J connectivity index is 1.91. The van der Waals surface area contributed by atoms with Crippen molar-refractivity contribution < 1.29 is 9.59 Å². The number of thiophene rings is 1. The Bertz CT molecular complexity index is 601. The highest BCUT2D eigenvalue weighted by atomic mass is 32.1. The van der Waals surface area contributed by atoms with Crippen molar-refractivity contribution >= 4 is 28.7 Å². The first kappa shape index (κ1) is 16.2.